The molecule has 0 aromatic heterocycles. The molecule has 0 bridgehead atoms. The van der Waals surface area contributed by atoms with Gasteiger partial charge >= 0.3 is 0 Å². The molecule has 2 rings (SSSR count). The zero-order valence-electron chi connectivity index (χ0n) is 14.5. The monoisotopic (exact) mass is 320 g/mol. The van der Waals surface area contributed by atoms with Crippen LogP contribution in [-0.4, -0.2) is 50.6 Å². The number of rotatable bonds is 8. The first-order valence-corrected chi connectivity index (χ1v) is 8.56. The molecule has 0 spiro atoms. The summed E-state index contributed by atoms with van der Waals surface area (Å²) in [5.41, 5.74) is 1.10. The standard InChI is InChI=1S/C18H29FN4/c1-4-20-17(21-11-12-23(3)5-2)22-14-18(9-10-18)15-7-6-8-16(19)13-15/h6-8,13H,4-5,9-12,14H2,1-3H3,(H2,20,21,22). The van der Waals surface area contributed by atoms with E-state index in [0.717, 1.165) is 50.5 Å². The molecule has 128 valence electrons. The first-order chi connectivity index (χ1) is 11.1. The highest BCUT2D eigenvalue weighted by Crippen LogP contribution is 2.48. The maximum atomic E-state index is 13.5. The second-order valence-corrected chi connectivity index (χ2v) is 6.31. The van der Waals surface area contributed by atoms with Crippen LogP contribution in [0, 0.1) is 5.82 Å². The summed E-state index contributed by atoms with van der Waals surface area (Å²) in [6, 6.07) is 6.96. The SMILES string of the molecule is CCNC(=NCC1(c2cccc(F)c2)CC1)NCCN(C)CC. The molecule has 0 heterocycles. The Morgan fingerprint density at radius 1 is 1.30 bits per heavy atom. The largest absolute Gasteiger partial charge is 0.357 e. The summed E-state index contributed by atoms with van der Waals surface area (Å²) >= 11 is 0. The van der Waals surface area contributed by atoms with E-state index in [2.05, 4.69) is 36.4 Å². The summed E-state index contributed by atoms with van der Waals surface area (Å²) in [4.78, 5) is 6.99. The van der Waals surface area contributed by atoms with Gasteiger partial charge in [-0.1, -0.05) is 19.1 Å². The first-order valence-electron chi connectivity index (χ1n) is 8.56. The van der Waals surface area contributed by atoms with Crippen LogP contribution in [0.3, 0.4) is 0 Å². The van der Waals surface area contributed by atoms with Gasteiger partial charge < -0.3 is 15.5 Å². The molecule has 4 nitrogen and oxygen atoms in total. The van der Waals surface area contributed by atoms with Crippen LogP contribution in [0.1, 0.15) is 32.3 Å². The molecule has 1 aromatic rings. The topological polar surface area (TPSA) is 39.7 Å². The minimum atomic E-state index is -0.162. The first kappa shape index (κ1) is 17.7. The van der Waals surface area contributed by atoms with Crippen LogP contribution in [-0.2, 0) is 5.41 Å². The van der Waals surface area contributed by atoms with Crippen molar-refractivity contribution in [1.29, 1.82) is 0 Å². The maximum absolute atomic E-state index is 13.5. The third kappa shape index (κ3) is 5.20. The lowest BCUT2D eigenvalue weighted by atomic mass is 9.96. The van der Waals surface area contributed by atoms with Gasteiger partial charge in [0.1, 0.15) is 5.82 Å². The minimum absolute atomic E-state index is 0.0324. The van der Waals surface area contributed by atoms with Crippen LogP contribution in [0.25, 0.3) is 0 Å². The number of nitrogens with zero attached hydrogens (tertiary/aromatic N) is 2. The number of hydrogen-bond donors (Lipinski definition) is 2. The Bertz CT molecular complexity index is 526. The van der Waals surface area contributed by atoms with Crippen LogP contribution >= 0.6 is 0 Å². The van der Waals surface area contributed by atoms with Crippen molar-refractivity contribution in [3.05, 3.63) is 35.6 Å². The number of aliphatic imine (C=N–C) groups is 1. The molecule has 0 atom stereocenters. The number of benzene rings is 1. The van der Waals surface area contributed by atoms with E-state index >= 15 is 0 Å². The van der Waals surface area contributed by atoms with Crippen molar-refractivity contribution >= 4 is 5.96 Å². The Hall–Kier alpha value is -1.62. The molecule has 2 N–H and O–H groups in total. The lowest BCUT2D eigenvalue weighted by molar-refractivity contribution is 0.357. The van der Waals surface area contributed by atoms with Gasteiger partial charge in [0, 0.05) is 25.0 Å². The Balaban J connectivity index is 1.94. The fourth-order valence-corrected chi connectivity index (χ4v) is 2.60. The lowest BCUT2D eigenvalue weighted by Crippen LogP contribution is -2.41. The molecular formula is C18H29FN4. The molecule has 0 aliphatic heterocycles. The summed E-state index contributed by atoms with van der Waals surface area (Å²) in [6.07, 6.45) is 2.16. The predicted octanol–water partition coefficient (Wildman–Crippen LogP) is 2.36. The zero-order valence-corrected chi connectivity index (χ0v) is 14.5. The number of hydrogen-bond acceptors (Lipinski definition) is 2. The zero-order chi connectivity index (χ0) is 16.7. The van der Waals surface area contributed by atoms with Gasteiger partial charge in [-0.15, -0.1) is 0 Å². The van der Waals surface area contributed by atoms with Crippen molar-refractivity contribution in [2.45, 2.75) is 32.1 Å². The van der Waals surface area contributed by atoms with Crippen molar-refractivity contribution in [1.82, 2.24) is 15.5 Å². The summed E-state index contributed by atoms with van der Waals surface area (Å²) in [7, 11) is 2.11. The molecule has 23 heavy (non-hydrogen) atoms. The van der Waals surface area contributed by atoms with Crippen molar-refractivity contribution in [2.24, 2.45) is 4.99 Å². The second kappa shape index (κ2) is 8.29. The molecule has 0 unspecified atom stereocenters. The lowest BCUT2D eigenvalue weighted by Gasteiger charge is -2.18. The Morgan fingerprint density at radius 3 is 2.70 bits per heavy atom. The molecule has 1 aliphatic rings. The van der Waals surface area contributed by atoms with Gasteiger partial charge in [-0.2, -0.15) is 0 Å². The van der Waals surface area contributed by atoms with E-state index in [9.17, 15) is 4.39 Å². The normalized spacial score (nSPS) is 16.5. The third-order valence-corrected chi connectivity index (χ3v) is 4.50. The van der Waals surface area contributed by atoms with E-state index in [0.29, 0.717) is 6.54 Å². The van der Waals surface area contributed by atoms with Crippen molar-refractivity contribution in [3.8, 4) is 0 Å². The van der Waals surface area contributed by atoms with Crippen LogP contribution in [0.4, 0.5) is 4.39 Å². The molecule has 1 fully saturated rings. The predicted molar refractivity (Wildman–Crippen MR) is 94.5 cm³/mol. The van der Waals surface area contributed by atoms with Gasteiger partial charge in [-0.25, -0.2) is 4.39 Å². The van der Waals surface area contributed by atoms with E-state index in [1.807, 2.05) is 6.07 Å². The second-order valence-electron chi connectivity index (χ2n) is 6.31. The van der Waals surface area contributed by atoms with E-state index in [1.54, 1.807) is 12.1 Å². The van der Waals surface area contributed by atoms with Crippen LogP contribution in [0.15, 0.2) is 29.3 Å². The Labute approximate surface area is 139 Å². The van der Waals surface area contributed by atoms with Crippen molar-refractivity contribution in [2.75, 3.05) is 39.8 Å². The highest BCUT2D eigenvalue weighted by molar-refractivity contribution is 5.79. The molecule has 0 radical (unpaired) electrons. The summed E-state index contributed by atoms with van der Waals surface area (Å²) in [5.74, 6) is 0.685. The van der Waals surface area contributed by atoms with Crippen molar-refractivity contribution < 1.29 is 4.39 Å². The quantitative estimate of drug-likeness (QED) is 0.571. The fourth-order valence-electron chi connectivity index (χ4n) is 2.60. The Kier molecular flexibility index (Phi) is 6.39. The molecular weight excluding hydrogens is 291 g/mol. The van der Waals surface area contributed by atoms with E-state index < -0.39 is 0 Å². The van der Waals surface area contributed by atoms with Gasteiger partial charge in [0.25, 0.3) is 0 Å². The number of halogens is 1. The number of likely N-dealkylation sites (N-methyl/N-ethyl adjacent to an activating group) is 1. The van der Waals surface area contributed by atoms with Gasteiger partial charge in [-0.05, 0) is 51.1 Å². The molecule has 1 aliphatic carbocycles. The van der Waals surface area contributed by atoms with Crippen molar-refractivity contribution in [3.63, 3.8) is 0 Å². The third-order valence-electron chi connectivity index (χ3n) is 4.50. The van der Waals surface area contributed by atoms with Crippen LogP contribution in [0.2, 0.25) is 0 Å². The molecule has 0 amide bonds. The number of nitrogens with one attached hydrogen (secondary N) is 2. The summed E-state index contributed by atoms with van der Waals surface area (Å²) in [6.45, 7) is 8.64. The van der Waals surface area contributed by atoms with Gasteiger partial charge in [-0.3, -0.25) is 4.99 Å². The van der Waals surface area contributed by atoms with Gasteiger partial charge in [0.15, 0.2) is 5.96 Å². The summed E-state index contributed by atoms with van der Waals surface area (Å²) in [5, 5.41) is 6.66. The van der Waals surface area contributed by atoms with Crippen LogP contribution < -0.4 is 10.6 Å². The van der Waals surface area contributed by atoms with E-state index in [1.165, 1.54) is 6.07 Å². The minimum Gasteiger partial charge on any atom is -0.357 e. The number of guanidine groups is 1. The molecule has 5 heteroatoms. The maximum Gasteiger partial charge on any atom is 0.191 e. The van der Waals surface area contributed by atoms with E-state index in [4.69, 9.17) is 4.99 Å². The van der Waals surface area contributed by atoms with E-state index in [-0.39, 0.29) is 11.2 Å². The van der Waals surface area contributed by atoms with Gasteiger partial charge in [0.2, 0.25) is 0 Å². The molecule has 1 saturated carbocycles. The molecule has 1 aromatic carbocycles. The Morgan fingerprint density at radius 2 is 2.09 bits per heavy atom. The average molecular weight is 320 g/mol. The fraction of sp³-hybridized carbons (Fsp3) is 0.611. The summed E-state index contributed by atoms with van der Waals surface area (Å²) < 4.78 is 13.5. The van der Waals surface area contributed by atoms with Crippen LogP contribution in [0.5, 0.6) is 0 Å². The molecule has 0 saturated heterocycles. The highest BCUT2D eigenvalue weighted by Gasteiger charge is 2.44. The average Bonchev–Trinajstić information content (AvgIpc) is 3.33. The smallest absolute Gasteiger partial charge is 0.191 e. The van der Waals surface area contributed by atoms with Gasteiger partial charge in [0.05, 0.1) is 6.54 Å². The highest BCUT2D eigenvalue weighted by atomic mass is 19.1.